The number of hydrogen-bond acceptors (Lipinski definition) is 4. The molecule has 0 aliphatic heterocycles. The summed E-state index contributed by atoms with van der Waals surface area (Å²) in [4.78, 5) is 0.247. The zero-order valence-electron chi connectivity index (χ0n) is 10.5. The number of sulfonamides is 1. The van der Waals surface area contributed by atoms with Crippen molar-refractivity contribution in [3.05, 3.63) is 24.3 Å². The van der Waals surface area contributed by atoms with Crippen molar-refractivity contribution in [1.82, 2.24) is 4.72 Å². The Morgan fingerprint density at radius 3 is 2.61 bits per heavy atom. The second kappa shape index (κ2) is 7.35. The van der Waals surface area contributed by atoms with Crippen LogP contribution in [0.1, 0.15) is 19.8 Å². The minimum Gasteiger partial charge on any atom is -0.396 e. The molecule has 102 valence electrons. The minimum absolute atomic E-state index is 0.0794. The molecule has 0 fully saturated rings. The first-order valence-corrected chi connectivity index (χ1v) is 7.53. The Balaban J connectivity index is 2.87. The summed E-state index contributed by atoms with van der Waals surface area (Å²) in [5.41, 5.74) is 0.564. The van der Waals surface area contributed by atoms with Crippen molar-refractivity contribution in [1.29, 1.82) is 0 Å². The Morgan fingerprint density at radius 1 is 1.22 bits per heavy atom. The summed E-state index contributed by atoms with van der Waals surface area (Å²) in [5, 5.41) is 11.7. The summed E-state index contributed by atoms with van der Waals surface area (Å²) in [5.74, 6) is 0. The molecule has 0 bridgehead atoms. The Bertz CT molecular complexity index is 460. The van der Waals surface area contributed by atoms with E-state index in [1.54, 1.807) is 24.3 Å². The highest BCUT2D eigenvalue weighted by molar-refractivity contribution is 7.89. The molecule has 0 saturated carbocycles. The number of aliphatic hydroxyl groups is 1. The van der Waals surface area contributed by atoms with Gasteiger partial charge in [-0.15, -0.1) is 0 Å². The largest absolute Gasteiger partial charge is 0.396 e. The Hall–Kier alpha value is -1.11. The SMILES string of the molecule is CCCNS(=O)(=O)c1ccccc1NCCCO. The predicted octanol–water partition coefficient (Wildman–Crippen LogP) is 1.17. The fraction of sp³-hybridized carbons (Fsp3) is 0.500. The van der Waals surface area contributed by atoms with Crippen LogP contribution in [0.2, 0.25) is 0 Å². The number of benzene rings is 1. The molecule has 0 amide bonds. The third-order valence-electron chi connectivity index (χ3n) is 2.37. The van der Waals surface area contributed by atoms with Crippen LogP contribution in [0, 0.1) is 0 Å². The van der Waals surface area contributed by atoms with Crippen LogP contribution in [0.4, 0.5) is 5.69 Å². The van der Waals surface area contributed by atoms with Crippen molar-refractivity contribution in [2.75, 3.05) is 25.0 Å². The minimum atomic E-state index is -3.47. The van der Waals surface area contributed by atoms with E-state index in [9.17, 15) is 8.42 Å². The molecule has 0 radical (unpaired) electrons. The van der Waals surface area contributed by atoms with Crippen LogP contribution in [0.15, 0.2) is 29.2 Å². The number of para-hydroxylation sites is 1. The second-order valence-corrected chi connectivity index (χ2v) is 5.63. The molecule has 1 rings (SSSR count). The van der Waals surface area contributed by atoms with Crippen LogP contribution in [0.5, 0.6) is 0 Å². The maximum Gasteiger partial charge on any atom is 0.242 e. The van der Waals surface area contributed by atoms with Gasteiger partial charge in [0.15, 0.2) is 0 Å². The number of rotatable bonds is 8. The maximum atomic E-state index is 12.0. The van der Waals surface area contributed by atoms with Crippen molar-refractivity contribution in [2.45, 2.75) is 24.7 Å². The first kappa shape index (κ1) is 14.9. The molecule has 0 aliphatic rings. The van der Waals surface area contributed by atoms with Crippen LogP contribution in [-0.2, 0) is 10.0 Å². The summed E-state index contributed by atoms with van der Waals surface area (Å²) in [6, 6.07) is 6.76. The van der Waals surface area contributed by atoms with Crippen molar-refractivity contribution in [3.8, 4) is 0 Å². The zero-order chi connectivity index (χ0) is 13.4. The van der Waals surface area contributed by atoms with Gasteiger partial charge < -0.3 is 10.4 Å². The number of aliphatic hydroxyl groups excluding tert-OH is 1. The van der Waals surface area contributed by atoms with Crippen molar-refractivity contribution in [2.24, 2.45) is 0 Å². The molecule has 0 atom stereocenters. The summed E-state index contributed by atoms with van der Waals surface area (Å²) in [6.07, 6.45) is 1.33. The quantitative estimate of drug-likeness (QED) is 0.621. The van der Waals surface area contributed by atoms with E-state index in [1.165, 1.54) is 0 Å². The van der Waals surface area contributed by atoms with Gasteiger partial charge in [-0.3, -0.25) is 0 Å². The predicted molar refractivity (Wildman–Crippen MR) is 72.1 cm³/mol. The summed E-state index contributed by atoms with van der Waals surface area (Å²) in [6.45, 7) is 2.95. The highest BCUT2D eigenvalue weighted by Gasteiger charge is 2.16. The smallest absolute Gasteiger partial charge is 0.242 e. The third-order valence-corrected chi connectivity index (χ3v) is 3.89. The van der Waals surface area contributed by atoms with Crippen molar-refractivity contribution in [3.63, 3.8) is 0 Å². The summed E-state index contributed by atoms with van der Waals surface area (Å²) in [7, 11) is -3.47. The molecule has 0 aromatic heterocycles. The van der Waals surface area contributed by atoms with Gasteiger partial charge in [0.05, 0.1) is 5.69 Å². The highest BCUT2D eigenvalue weighted by Crippen LogP contribution is 2.20. The van der Waals surface area contributed by atoms with Gasteiger partial charge in [-0.05, 0) is 25.0 Å². The molecule has 0 spiro atoms. The highest BCUT2D eigenvalue weighted by atomic mass is 32.2. The molecular formula is C12H20N2O3S. The number of nitrogens with one attached hydrogen (secondary N) is 2. The van der Waals surface area contributed by atoms with E-state index in [-0.39, 0.29) is 11.5 Å². The lowest BCUT2D eigenvalue weighted by Crippen LogP contribution is -2.25. The number of anilines is 1. The third kappa shape index (κ3) is 4.29. The molecule has 1 aromatic carbocycles. The first-order valence-electron chi connectivity index (χ1n) is 6.05. The van der Waals surface area contributed by atoms with Gasteiger partial charge in [-0.1, -0.05) is 19.1 Å². The lowest BCUT2D eigenvalue weighted by atomic mass is 10.3. The fourth-order valence-corrected chi connectivity index (χ4v) is 2.78. The normalized spacial score (nSPS) is 11.4. The monoisotopic (exact) mass is 272 g/mol. The second-order valence-electron chi connectivity index (χ2n) is 3.90. The lowest BCUT2D eigenvalue weighted by molar-refractivity contribution is 0.292. The Labute approximate surface area is 108 Å². The summed E-state index contributed by atoms with van der Waals surface area (Å²) >= 11 is 0. The molecule has 18 heavy (non-hydrogen) atoms. The first-order chi connectivity index (χ1) is 8.61. The summed E-state index contributed by atoms with van der Waals surface area (Å²) < 4.78 is 26.6. The van der Waals surface area contributed by atoms with Gasteiger partial charge >= 0.3 is 0 Å². The van der Waals surface area contributed by atoms with Crippen LogP contribution in [-0.4, -0.2) is 33.2 Å². The van der Waals surface area contributed by atoms with Crippen LogP contribution in [0.3, 0.4) is 0 Å². The van der Waals surface area contributed by atoms with Gasteiger partial charge in [0.1, 0.15) is 4.90 Å². The molecule has 3 N–H and O–H groups in total. The maximum absolute atomic E-state index is 12.0. The molecule has 0 saturated heterocycles. The molecule has 0 aliphatic carbocycles. The van der Waals surface area contributed by atoms with Gasteiger partial charge in [0.2, 0.25) is 10.0 Å². The number of hydrogen-bond donors (Lipinski definition) is 3. The molecule has 0 unspecified atom stereocenters. The molecule has 0 heterocycles. The Kier molecular flexibility index (Phi) is 6.11. The Morgan fingerprint density at radius 2 is 1.94 bits per heavy atom. The van der Waals surface area contributed by atoms with Crippen LogP contribution < -0.4 is 10.0 Å². The van der Waals surface area contributed by atoms with E-state index in [1.807, 2.05) is 6.92 Å². The van der Waals surface area contributed by atoms with E-state index in [0.717, 1.165) is 6.42 Å². The van der Waals surface area contributed by atoms with Gasteiger partial charge in [0.25, 0.3) is 0 Å². The standard InChI is InChI=1S/C12H20N2O3S/c1-2-8-14-18(16,17)12-7-4-3-6-11(12)13-9-5-10-15/h3-4,6-7,13-15H,2,5,8-10H2,1H3. The van der Waals surface area contributed by atoms with Crippen molar-refractivity contribution < 1.29 is 13.5 Å². The molecule has 6 heteroatoms. The van der Waals surface area contributed by atoms with Crippen LogP contribution in [0.25, 0.3) is 0 Å². The van der Waals surface area contributed by atoms with Crippen LogP contribution >= 0.6 is 0 Å². The zero-order valence-corrected chi connectivity index (χ0v) is 11.3. The molecule has 1 aromatic rings. The van der Waals surface area contributed by atoms with Crippen molar-refractivity contribution >= 4 is 15.7 Å². The van der Waals surface area contributed by atoms with E-state index in [2.05, 4.69) is 10.0 Å². The molecule has 5 nitrogen and oxygen atoms in total. The van der Waals surface area contributed by atoms with Gasteiger partial charge in [0, 0.05) is 19.7 Å². The lowest BCUT2D eigenvalue weighted by Gasteiger charge is -2.12. The average Bonchev–Trinajstić information content (AvgIpc) is 2.37. The van der Waals surface area contributed by atoms with E-state index in [0.29, 0.717) is 25.2 Å². The van der Waals surface area contributed by atoms with Gasteiger partial charge in [-0.2, -0.15) is 0 Å². The van der Waals surface area contributed by atoms with E-state index >= 15 is 0 Å². The fourth-order valence-electron chi connectivity index (χ4n) is 1.46. The molecular weight excluding hydrogens is 252 g/mol. The average molecular weight is 272 g/mol. The topological polar surface area (TPSA) is 78.4 Å². The van der Waals surface area contributed by atoms with E-state index in [4.69, 9.17) is 5.11 Å². The van der Waals surface area contributed by atoms with E-state index < -0.39 is 10.0 Å². The van der Waals surface area contributed by atoms with Gasteiger partial charge in [-0.25, -0.2) is 13.1 Å².